The summed E-state index contributed by atoms with van der Waals surface area (Å²) in [4.78, 5) is 25.2. The monoisotopic (exact) mass is 226 g/mol. The first-order valence-electron chi connectivity index (χ1n) is 5.69. The van der Waals surface area contributed by atoms with E-state index in [0.717, 1.165) is 19.4 Å². The van der Waals surface area contributed by atoms with Gasteiger partial charge in [-0.3, -0.25) is 14.5 Å². The number of nitrogens with zero attached hydrogens (tertiary/aromatic N) is 1. The zero-order valence-corrected chi connectivity index (χ0v) is 9.78. The topological polar surface area (TPSA) is 58.6 Å². The van der Waals surface area contributed by atoms with Crippen molar-refractivity contribution in [2.45, 2.75) is 25.8 Å². The van der Waals surface area contributed by atoms with Crippen LogP contribution in [0, 0.1) is 5.41 Å². The quantitative estimate of drug-likeness (QED) is 0.675. The molecule has 0 spiro atoms. The Balaban J connectivity index is 1.99. The average Bonchev–Trinajstić information content (AvgIpc) is 3.05. The van der Waals surface area contributed by atoms with E-state index in [9.17, 15) is 9.59 Å². The summed E-state index contributed by atoms with van der Waals surface area (Å²) in [6.45, 7) is 4.00. The molecule has 1 unspecified atom stereocenters. The lowest BCUT2D eigenvalue weighted by molar-refractivity contribution is -0.149. The number of methoxy groups -OCH3 is 1. The zero-order chi connectivity index (χ0) is 11.8. The lowest BCUT2D eigenvalue weighted by Crippen LogP contribution is -2.55. The van der Waals surface area contributed by atoms with E-state index in [1.54, 1.807) is 0 Å². The maximum absolute atomic E-state index is 11.6. The average molecular weight is 226 g/mol. The third-order valence-corrected chi connectivity index (χ3v) is 3.60. The molecule has 0 aromatic carbocycles. The predicted octanol–water partition coefficient (Wildman–Crippen LogP) is -0.240. The molecule has 16 heavy (non-hydrogen) atoms. The molecule has 1 aliphatic carbocycles. The molecule has 90 valence electrons. The van der Waals surface area contributed by atoms with Crippen LogP contribution in [-0.2, 0) is 14.3 Å². The van der Waals surface area contributed by atoms with Crippen LogP contribution in [0.25, 0.3) is 0 Å². The number of carbonyl (C=O) groups is 2. The fourth-order valence-electron chi connectivity index (χ4n) is 2.23. The van der Waals surface area contributed by atoms with Crippen molar-refractivity contribution in [3.05, 3.63) is 0 Å². The fraction of sp³-hybridized carbons (Fsp3) is 0.818. The van der Waals surface area contributed by atoms with Crippen LogP contribution in [0.2, 0.25) is 0 Å². The highest BCUT2D eigenvalue weighted by Crippen LogP contribution is 2.47. The number of hydrogen-bond donors (Lipinski definition) is 1. The highest BCUT2D eigenvalue weighted by atomic mass is 16.5. The van der Waals surface area contributed by atoms with E-state index in [-0.39, 0.29) is 23.3 Å². The first-order chi connectivity index (χ1) is 7.59. The van der Waals surface area contributed by atoms with Crippen LogP contribution in [0.15, 0.2) is 0 Å². The highest BCUT2D eigenvalue weighted by molar-refractivity contribution is 5.83. The largest absolute Gasteiger partial charge is 0.469 e. The van der Waals surface area contributed by atoms with Gasteiger partial charge in [-0.1, -0.05) is 0 Å². The number of amides is 1. The van der Waals surface area contributed by atoms with Gasteiger partial charge in [-0.25, -0.2) is 0 Å². The standard InChI is InChI=1S/C11H18N2O3/c1-8-9(14)12-5-6-13(8)7-11(3-4-11)10(15)16-2/h8H,3-7H2,1-2H3,(H,12,14). The minimum Gasteiger partial charge on any atom is -0.469 e. The van der Waals surface area contributed by atoms with Gasteiger partial charge in [0.1, 0.15) is 0 Å². The molecule has 1 saturated carbocycles. The van der Waals surface area contributed by atoms with E-state index in [1.807, 2.05) is 6.92 Å². The van der Waals surface area contributed by atoms with Crippen LogP contribution in [0.1, 0.15) is 19.8 Å². The molecule has 0 radical (unpaired) electrons. The number of nitrogens with one attached hydrogen (secondary N) is 1. The van der Waals surface area contributed by atoms with Crippen molar-refractivity contribution >= 4 is 11.9 Å². The Kier molecular flexibility index (Phi) is 2.88. The molecule has 1 aliphatic heterocycles. The first kappa shape index (κ1) is 11.4. The summed E-state index contributed by atoms with van der Waals surface area (Å²) in [5, 5.41) is 2.81. The van der Waals surface area contributed by atoms with Crippen molar-refractivity contribution in [1.29, 1.82) is 0 Å². The molecule has 2 rings (SSSR count). The number of rotatable bonds is 3. The second-order valence-corrected chi connectivity index (χ2v) is 4.71. The van der Waals surface area contributed by atoms with E-state index < -0.39 is 0 Å². The molecule has 0 aromatic rings. The summed E-state index contributed by atoms with van der Waals surface area (Å²) in [7, 11) is 1.43. The van der Waals surface area contributed by atoms with Gasteiger partial charge in [0.25, 0.3) is 0 Å². The van der Waals surface area contributed by atoms with Gasteiger partial charge in [0.05, 0.1) is 18.6 Å². The zero-order valence-electron chi connectivity index (χ0n) is 9.78. The Morgan fingerprint density at radius 1 is 1.62 bits per heavy atom. The Hall–Kier alpha value is -1.10. The molecule has 0 bridgehead atoms. The van der Waals surface area contributed by atoms with E-state index >= 15 is 0 Å². The number of piperazine rings is 1. The summed E-state index contributed by atoms with van der Waals surface area (Å²) >= 11 is 0. The van der Waals surface area contributed by atoms with Gasteiger partial charge in [0.2, 0.25) is 5.91 Å². The molecule has 2 fully saturated rings. The molecule has 1 saturated heterocycles. The van der Waals surface area contributed by atoms with Crippen molar-refractivity contribution < 1.29 is 14.3 Å². The fourth-order valence-corrected chi connectivity index (χ4v) is 2.23. The minimum atomic E-state index is -0.333. The normalized spacial score (nSPS) is 28.4. The van der Waals surface area contributed by atoms with Crippen LogP contribution in [0.3, 0.4) is 0 Å². The summed E-state index contributed by atoms with van der Waals surface area (Å²) < 4.78 is 4.81. The molecule has 2 aliphatic rings. The lowest BCUT2D eigenvalue weighted by Gasteiger charge is -2.34. The molecular formula is C11H18N2O3. The first-order valence-corrected chi connectivity index (χ1v) is 5.69. The summed E-state index contributed by atoms with van der Waals surface area (Å²) in [5.74, 6) is -0.0856. The van der Waals surface area contributed by atoms with Crippen molar-refractivity contribution in [2.75, 3.05) is 26.7 Å². The van der Waals surface area contributed by atoms with Crippen LogP contribution in [-0.4, -0.2) is 49.6 Å². The molecule has 5 nitrogen and oxygen atoms in total. The van der Waals surface area contributed by atoms with Gasteiger partial charge >= 0.3 is 5.97 Å². The van der Waals surface area contributed by atoms with Crippen molar-refractivity contribution in [3.63, 3.8) is 0 Å². The second kappa shape index (κ2) is 4.05. The van der Waals surface area contributed by atoms with E-state index in [4.69, 9.17) is 4.74 Å². The van der Waals surface area contributed by atoms with Gasteiger partial charge in [-0.15, -0.1) is 0 Å². The van der Waals surface area contributed by atoms with Crippen LogP contribution in [0.5, 0.6) is 0 Å². The van der Waals surface area contributed by atoms with Crippen LogP contribution in [0.4, 0.5) is 0 Å². The summed E-state index contributed by atoms with van der Waals surface area (Å²) in [6.07, 6.45) is 1.76. The summed E-state index contributed by atoms with van der Waals surface area (Å²) in [5.41, 5.74) is -0.333. The number of esters is 1. The molecule has 5 heteroatoms. The maximum atomic E-state index is 11.6. The number of carbonyl (C=O) groups excluding carboxylic acids is 2. The predicted molar refractivity (Wildman–Crippen MR) is 57.7 cm³/mol. The second-order valence-electron chi connectivity index (χ2n) is 4.71. The molecular weight excluding hydrogens is 208 g/mol. The Labute approximate surface area is 95.1 Å². The Bertz CT molecular complexity index is 312. The highest BCUT2D eigenvalue weighted by Gasteiger charge is 2.52. The summed E-state index contributed by atoms with van der Waals surface area (Å²) in [6, 6.07) is -0.143. The number of ether oxygens (including phenoxy) is 1. The van der Waals surface area contributed by atoms with Gasteiger partial charge in [0.15, 0.2) is 0 Å². The van der Waals surface area contributed by atoms with E-state index in [0.29, 0.717) is 13.1 Å². The van der Waals surface area contributed by atoms with Crippen molar-refractivity contribution in [1.82, 2.24) is 10.2 Å². The van der Waals surface area contributed by atoms with Crippen molar-refractivity contribution in [2.24, 2.45) is 5.41 Å². The lowest BCUT2D eigenvalue weighted by atomic mass is 10.0. The van der Waals surface area contributed by atoms with Gasteiger partial charge < -0.3 is 10.1 Å². The van der Waals surface area contributed by atoms with Gasteiger partial charge in [-0.05, 0) is 19.8 Å². The smallest absolute Gasteiger partial charge is 0.313 e. The van der Waals surface area contributed by atoms with Crippen LogP contribution < -0.4 is 5.32 Å². The molecule has 1 amide bonds. The van der Waals surface area contributed by atoms with Gasteiger partial charge in [-0.2, -0.15) is 0 Å². The molecule has 1 atom stereocenters. The Morgan fingerprint density at radius 2 is 2.31 bits per heavy atom. The van der Waals surface area contributed by atoms with E-state index in [1.165, 1.54) is 7.11 Å². The number of hydrogen-bond acceptors (Lipinski definition) is 4. The SMILES string of the molecule is COC(=O)C1(CN2CCNC(=O)C2C)CC1. The maximum Gasteiger partial charge on any atom is 0.313 e. The third kappa shape index (κ3) is 1.91. The van der Waals surface area contributed by atoms with Crippen LogP contribution >= 0.6 is 0 Å². The third-order valence-electron chi connectivity index (χ3n) is 3.60. The Morgan fingerprint density at radius 3 is 2.88 bits per heavy atom. The van der Waals surface area contributed by atoms with E-state index in [2.05, 4.69) is 10.2 Å². The van der Waals surface area contributed by atoms with Gasteiger partial charge in [0, 0.05) is 19.6 Å². The van der Waals surface area contributed by atoms with Crippen molar-refractivity contribution in [3.8, 4) is 0 Å². The minimum absolute atomic E-state index is 0.0481. The molecule has 1 N–H and O–H groups in total. The molecule has 0 aromatic heterocycles. The molecule has 1 heterocycles.